The maximum Gasteiger partial charge on any atom is 0.416 e. The maximum atomic E-state index is 14.1. The Morgan fingerprint density at radius 1 is 1.05 bits per heavy atom. The zero-order valence-corrected chi connectivity index (χ0v) is 11.1. The Bertz CT molecular complexity index is 620. The molecular weight excluding hydrogens is 282 g/mol. The fraction of sp³-hybridized carbons (Fsp3) is 0.188. The largest absolute Gasteiger partial charge is 0.416 e. The van der Waals surface area contributed by atoms with Crippen molar-refractivity contribution in [2.45, 2.75) is 18.6 Å². The lowest BCUT2D eigenvalue weighted by Gasteiger charge is -2.16. The Balaban J connectivity index is 2.28. The van der Waals surface area contributed by atoms with E-state index in [1.54, 1.807) is 24.3 Å². The van der Waals surface area contributed by atoms with Crippen molar-refractivity contribution in [3.8, 4) is 0 Å². The van der Waals surface area contributed by atoms with Crippen LogP contribution in [-0.2, 0) is 12.6 Å². The van der Waals surface area contributed by atoms with Crippen molar-refractivity contribution in [1.82, 2.24) is 0 Å². The molecule has 1 radical (unpaired) electrons. The number of hydrogen-bond donors (Lipinski definition) is 1. The molecule has 0 saturated carbocycles. The number of halogens is 4. The Kier molecular flexibility index (Phi) is 4.32. The fourth-order valence-corrected chi connectivity index (χ4v) is 2.15. The normalized spacial score (nSPS) is 13.2. The molecule has 1 nitrogen and oxygen atoms in total. The van der Waals surface area contributed by atoms with Crippen molar-refractivity contribution in [3.05, 3.63) is 77.5 Å². The molecule has 0 fully saturated rings. The van der Waals surface area contributed by atoms with E-state index in [1.165, 1.54) is 0 Å². The van der Waals surface area contributed by atoms with Crippen LogP contribution in [0, 0.1) is 12.7 Å². The third kappa shape index (κ3) is 3.42. The average Bonchev–Trinajstić information content (AvgIpc) is 2.43. The molecule has 21 heavy (non-hydrogen) atoms. The summed E-state index contributed by atoms with van der Waals surface area (Å²) < 4.78 is 52.0. The van der Waals surface area contributed by atoms with Gasteiger partial charge in [0.1, 0.15) is 5.82 Å². The van der Waals surface area contributed by atoms with E-state index in [-0.39, 0.29) is 12.0 Å². The number of benzene rings is 2. The van der Waals surface area contributed by atoms with Crippen LogP contribution in [0.2, 0.25) is 0 Å². The third-order valence-corrected chi connectivity index (χ3v) is 3.30. The number of rotatable bonds is 3. The molecule has 5 heteroatoms. The molecule has 0 aliphatic carbocycles. The van der Waals surface area contributed by atoms with Crippen LogP contribution in [0.1, 0.15) is 28.3 Å². The topological polar surface area (TPSA) is 26.0 Å². The van der Waals surface area contributed by atoms with Crippen LogP contribution in [0.15, 0.2) is 42.5 Å². The molecule has 0 aliphatic heterocycles. The summed E-state index contributed by atoms with van der Waals surface area (Å²) in [5, 5.41) is 0. The smallest absolute Gasteiger partial charge is 0.324 e. The van der Waals surface area contributed by atoms with Gasteiger partial charge < -0.3 is 5.73 Å². The summed E-state index contributed by atoms with van der Waals surface area (Å²) in [5.74, 6) is -0.948. The number of nitrogens with two attached hydrogens (primary N) is 1. The van der Waals surface area contributed by atoms with Gasteiger partial charge in [-0.1, -0.05) is 36.4 Å². The highest BCUT2D eigenvalue weighted by Gasteiger charge is 2.33. The van der Waals surface area contributed by atoms with Crippen LogP contribution in [-0.4, -0.2) is 0 Å². The van der Waals surface area contributed by atoms with Gasteiger partial charge in [-0.15, -0.1) is 0 Å². The standard InChI is InChI=1S/C16H14F4N/c1-10-13(16(18,19)20)8-7-12(15(10)17)9-14(21)11-5-3-2-4-6-11/h2-8,14H,1,9,21H2/t14-/m1/s1. The molecule has 111 valence electrons. The van der Waals surface area contributed by atoms with Crippen LogP contribution in [0.25, 0.3) is 0 Å². The monoisotopic (exact) mass is 296 g/mol. The van der Waals surface area contributed by atoms with E-state index >= 15 is 0 Å². The summed E-state index contributed by atoms with van der Waals surface area (Å²) in [5.41, 5.74) is 5.19. The van der Waals surface area contributed by atoms with Crippen LogP contribution in [0.3, 0.4) is 0 Å². The lowest BCUT2D eigenvalue weighted by molar-refractivity contribution is -0.138. The zero-order chi connectivity index (χ0) is 15.6. The molecule has 0 amide bonds. The molecule has 1 atom stereocenters. The second-order valence-electron chi connectivity index (χ2n) is 4.78. The van der Waals surface area contributed by atoms with E-state index in [1.807, 2.05) is 6.07 Å². The van der Waals surface area contributed by atoms with E-state index in [0.29, 0.717) is 0 Å². The Hall–Kier alpha value is -1.88. The van der Waals surface area contributed by atoms with E-state index < -0.39 is 29.2 Å². The summed E-state index contributed by atoms with van der Waals surface area (Å²) in [4.78, 5) is 0. The highest BCUT2D eigenvalue weighted by molar-refractivity contribution is 5.38. The van der Waals surface area contributed by atoms with Crippen LogP contribution in [0.4, 0.5) is 17.6 Å². The van der Waals surface area contributed by atoms with Gasteiger partial charge in [0.2, 0.25) is 0 Å². The van der Waals surface area contributed by atoms with Crippen LogP contribution < -0.4 is 5.73 Å². The molecule has 0 heterocycles. The van der Waals surface area contributed by atoms with Crippen molar-refractivity contribution in [2.24, 2.45) is 5.73 Å². The molecule has 2 rings (SSSR count). The van der Waals surface area contributed by atoms with Gasteiger partial charge in [-0.3, -0.25) is 0 Å². The Morgan fingerprint density at radius 3 is 2.24 bits per heavy atom. The minimum absolute atomic E-state index is 0.108. The first-order chi connectivity index (χ1) is 9.80. The second-order valence-corrected chi connectivity index (χ2v) is 4.78. The molecule has 0 unspecified atom stereocenters. The summed E-state index contributed by atoms with van der Waals surface area (Å²) in [6.07, 6.45) is -4.51. The number of alkyl halides is 3. The predicted molar refractivity (Wildman–Crippen MR) is 72.9 cm³/mol. The summed E-state index contributed by atoms with van der Waals surface area (Å²) in [7, 11) is 0. The molecule has 0 saturated heterocycles. The third-order valence-electron chi connectivity index (χ3n) is 3.30. The van der Waals surface area contributed by atoms with Gasteiger partial charge in [-0.05, 0) is 30.5 Å². The van der Waals surface area contributed by atoms with E-state index in [9.17, 15) is 17.6 Å². The fourth-order valence-electron chi connectivity index (χ4n) is 2.15. The second kappa shape index (κ2) is 5.85. The van der Waals surface area contributed by atoms with Gasteiger partial charge in [0.05, 0.1) is 5.56 Å². The van der Waals surface area contributed by atoms with E-state index in [0.717, 1.165) is 17.7 Å². The molecule has 0 aromatic heterocycles. The van der Waals surface area contributed by atoms with Crippen molar-refractivity contribution in [1.29, 1.82) is 0 Å². The van der Waals surface area contributed by atoms with E-state index in [4.69, 9.17) is 5.73 Å². The van der Waals surface area contributed by atoms with Crippen molar-refractivity contribution < 1.29 is 17.6 Å². The maximum absolute atomic E-state index is 14.1. The molecule has 2 N–H and O–H groups in total. The van der Waals surface area contributed by atoms with E-state index in [2.05, 4.69) is 6.92 Å². The first-order valence-electron chi connectivity index (χ1n) is 6.31. The first kappa shape index (κ1) is 15.5. The summed E-state index contributed by atoms with van der Waals surface area (Å²) in [6, 6.07) is 10.5. The minimum Gasteiger partial charge on any atom is -0.324 e. The Morgan fingerprint density at radius 2 is 1.67 bits per heavy atom. The van der Waals surface area contributed by atoms with Gasteiger partial charge in [0.25, 0.3) is 0 Å². The summed E-state index contributed by atoms with van der Waals surface area (Å²) >= 11 is 0. The molecule has 2 aromatic rings. The average molecular weight is 296 g/mol. The molecule has 0 aliphatic rings. The zero-order valence-electron chi connectivity index (χ0n) is 11.1. The highest BCUT2D eigenvalue weighted by atomic mass is 19.4. The number of hydrogen-bond acceptors (Lipinski definition) is 1. The van der Waals surface area contributed by atoms with Crippen molar-refractivity contribution >= 4 is 0 Å². The molecule has 0 spiro atoms. The van der Waals surface area contributed by atoms with Gasteiger partial charge in [-0.25, -0.2) is 4.39 Å². The molecule has 0 bridgehead atoms. The molecule has 2 aromatic carbocycles. The van der Waals surface area contributed by atoms with Crippen LogP contribution >= 0.6 is 0 Å². The lowest BCUT2D eigenvalue weighted by atomic mass is 9.96. The summed E-state index contributed by atoms with van der Waals surface area (Å²) in [6.45, 7) is 3.19. The molecular formula is C16H14F4N. The quantitative estimate of drug-likeness (QED) is 0.841. The van der Waals surface area contributed by atoms with Crippen LogP contribution in [0.5, 0.6) is 0 Å². The van der Waals surface area contributed by atoms with Gasteiger partial charge in [0, 0.05) is 11.6 Å². The van der Waals surface area contributed by atoms with Crippen molar-refractivity contribution in [2.75, 3.05) is 0 Å². The first-order valence-corrected chi connectivity index (χ1v) is 6.31. The minimum atomic E-state index is -4.61. The lowest BCUT2D eigenvalue weighted by Crippen LogP contribution is -2.16. The Labute approximate surface area is 120 Å². The SMILES string of the molecule is [CH2]c1c(C(F)(F)F)ccc(C[C@@H](N)c2ccccc2)c1F. The van der Waals surface area contributed by atoms with Gasteiger partial charge >= 0.3 is 6.18 Å². The van der Waals surface area contributed by atoms with Crippen molar-refractivity contribution in [3.63, 3.8) is 0 Å². The van der Waals surface area contributed by atoms with Gasteiger partial charge in [0.15, 0.2) is 0 Å². The highest BCUT2D eigenvalue weighted by Crippen LogP contribution is 2.34. The van der Waals surface area contributed by atoms with Gasteiger partial charge in [-0.2, -0.15) is 13.2 Å². The predicted octanol–water partition coefficient (Wildman–Crippen LogP) is 4.27.